The molecule has 2 aromatic heterocycles. The third kappa shape index (κ3) is 11.6. The van der Waals surface area contributed by atoms with E-state index in [0.29, 0.717) is 32.8 Å². The van der Waals surface area contributed by atoms with Crippen LogP contribution < -0.4 is 31.9 Å². The van der Waals surface area contributed by atoms with Gasteiger partial charge in [-0.2, -0.15) is 27.5 Å². The van der Waals surface area contributed by atoms with Crippen LogP contribution in [0.2, 0.25) is 0 Å². The first-order valence-corrected chi connectivity index (χ1v) is 26.8. The van der Waals surface area contributed by atoms with E-state index in [4.69, 9.17) is 34.2 Å². The number of benzene rings is 6. The summed E-state index contributed by atoms with van der Waals surface area (Å²) in [4.78, 5) is 44.8. The van der Waals surface area contributed by atoms with Gasteiger partial charge in [0.05, 0.1) is 20.3 Å². The molecule has 10 rings (SSSR count). The number of alkyl halides is 4. The fourth-order valence-corrected chi connectivity index (χ4v) is 10.5. The van der Waals surface area contributed by atoms with E-state index < -0.39 is 89.4 Å². The van der Waals surface area contributed by atoms with Crippen LogP contribution in [0.5, 0.6) is 11.5 Å². The maximum Gasteiger partial charge on any atom is 0.351 e. The molecular weight excluding hydrogens is 1090 g/mol. The van der Waals surface area contributed by atoms with Crippen molar-refractivity contribution in [3.63, 3.8) is 0 Å². The number of aliphatic hydroxyl groups is 2. The molecule has 0 spiro atoms. The minimum atomic E-state index is -3.88. The molecule has 2 fully saturated rings. The lowest BCUT2D eigenvalue weighted by molar-refractivity contribution is -0.182. The second-order valence-electron chi connectivity index (χ2n) is 20.0. The lowest BCUT2D eigenvalue weighted by Gasteiger charge is -2.40. The highest BCUT2D eigenvalue weighted by atomic mass is 19.3. The van der Waals surface area contributed by atoms with Crippen LogP contribution in [0.25, 0.3) is 0 Å². The van der Waals surface area contributed by atoms with Crippen molar-refractivity contribution < 1.29 is 61.0 Å². The summed E-state index contributed by atoms with van der Waals surface area (Å²) in [5.74, 6) is -7.07. The van der Waals surface area contributed by atoms with Gasteiger partial charge in [0.15, 0.2) is 12.2 Å². The zero-order valence-electron chi connectivity index (χ0n) is 46.2. The highest BCUT2D eigenvalue weighted by molar-refractivity contribution is 5.69. The molecule has 84 heavy (non-hydrogen) atoms. The number of anilines is 2. The maximum atomic E-state index is 17.4. The van der Waals surface area contributed by atoms with Crippen molar-refractivity contribution in [3.8, 4) is 11.5 Å². The molecule has 2 aliphatic rings. The minimum absolute atomic E-state index is 0.0499. The Bertz CT molecular complexity index is 3530. The van der Waals surface area contributed by atoms with Crippen LogP contribution >= 0.6 is 0 Å². The highest BCUT2D eigenvalue weighted by Gasteiger charge is 2.65. The van der Waals surface area contributed by atoms with Crippen LogP contribution in [0.15, 0.2) is 204 Å². The Balaban J connectivity index is 0.000000308. The van der Waals surface area contributed by atoms with Gasteiger partial charge >= 0.3 is 29.2 Å². The molecule has 2 unspecified atom stereocenters. The van der Waals surface area contributed by atoms with Crippen molar-refractivity contribution in [2.45, 2.75) is 99.3 Å². The summed E-state index contributed by atoms with van der Waals surface area (Å²) in [7, 11) is 3.13. The minimum Gasteiger partial charge on any atom is -0.497 e. The number of rotatable bonds is 18. The number of nitrogens with two attached hydrogens (primary N) is 1. The molecule has 0 amide bonds. The number of esters is 1. The Morgan fingerprint density at radius 1 is 0.631 bits per heavy atom. The predicted octanol–water partition coefficient (Wildman–Crippen LogP) is 9.02. The number of hydrogen-bond acceptors (Lipinski definition) is 15. The van der Waals surface area contributed by atoms with E-state index in [1.165, 1.54) is 33.0 Å². The van der Waals surface area contributed by atoms with Gasteiger partial charge in [-0.15, -0.1) is 0 Å². The number of carbonyl (C=O) groups is 1. The fraction of sp³-hybridized carbons (Fsp3) is 0.286. The van der Waals surface area contributed by atoms with Gasteiger partial charge in [0.25, 0.3) is 0 Å². The normalized spacial score (nSPS) is 20.6. The summed E-state index contributed by atoms with van der Waals surface area (Å²) in [6.45, 7) is 4.22. The molecule has 4 heterocycles. The van der Waals surface area contributed by atoms with Crippen LogP contribution in [0.1, 0.15) is 73.0 Å². The van der Waals surface area contributed by atoms with Gasteiger partial charge in [-0.1, -0.05) is 153 Å². The van der Waals surface area contributed by atoms with Gasteiger partial charge in [-0.3, -0.25) is 13.9 Å². The number of ether oxygens (including phenoxy) is 6. The molecule has 21 heteroatoms. The maximum absolute atomic E-state index is 17.4. The third-order valence-corrected chi connectivity index (χ3v) is 14.8. The summed E-state index contributed by atoms with van der Waals surface area (Å²) in [6.07, 6.45) is -11.9. The van der Waals surface area contributed by atoms with E-state index in [1.54, 1.807) is 87.0 Å². The quantitative estimate of drug-likeness (QED) is 0.0358. The first-order valence-electron chi connectivity index (χ1n) is 26.8. The average molecular weight is 1160 g/mol. The number of nitrogens with one attached hydrogen (secondary N) is 1. The molecule has 0 bridgehead atoms. The predicted molar refractivity (Wildman–Crippen MR) is 303 cm³/mol. The van der Waals surface area contributed by atoms with Crippen molar-refractivity contribution in [1.82, 2.24) is 19.1 Å². The zero-order valence-corrected chi connectivity index (χ0v) is 46.2. The van der Waals surface area contributed by atoms with E-state index in [1.807, 2.05) is 97.1 Å². The molecule has 0 radical (unpaired) electrons. The van der Waals surface area contributed by atoms with Gasteiger partial charge in [-0.05, 0) is 83.6 Å². The van der Waals surface area contributed by atoms with Crippen molar-refractivity contribution in [2.24, 2.45) is 0 Å². The lowest BCUT2D eigenvalue weighted by atomic mass is 9.77. The topological polar surface area (TPSA) is 221 Å². The van der Waals surface area contributed by atoms with E-state index in [0.717, 1.165) is 33.5 Å². The number of hydrogen-bond donors (Lipinski definition) is 4. The first kappa shape index (κ1) is 59.9. The molecule has 6 aromatic carbocycles. The van der Waals surface area contributed by atoms with E-state index in [9.17, 15) is 33.4 Å². The Morgan fingerprint density at radius 3 is 1.50 bits per heavy atom. The van der Waals surface area contributed by atoms with Gasteiger partial charge < -0.3 is 49.7 Å². The molecule has 438 valence electrons. The molecular formula is C63H62F4N6O11. The molecule has 2 saturated heterocycles. The summed E-state index contributed by atoms with van der Waals surface area (Å²) in [5, 5.41) is 24.5. The van der Waals surface area contributed by atoms with E-state index in [2.05, 4.69) is 15.3 Å². The van der Waals surface area contributed by atoms with Crippen LogP contribution in [-0.2, 0) is 34.9 Å². The van der Waals surface area contributed by atoms with E-state index in [-0.39, 0.29) is 18.1 Å². The van der Waals surface area contributed by atoms with Gasteiger partial charge in [0, 0.05) is 18.8 Å². The molecule has 8 aromatic rings. The van der Waals surface area contributed by atoms with Crippen molar-refractivity contribution >= 4 is 17.6 Å². The third-order valence-electron chi connectivity index (χ3n) is 14.8. The van der Waals surface area contributed by atoms with Gasteiger partial charge in [-0.25, -0.2) is 9.59 Å². The summed E-state index contributed by atoms with van der Waals surface area (Å²) < 4.78 is 98.5. The largest absolute Gasteiger partial charge is 0.497 e. The lowest BCUT2D eigenvalue weighted by Crippen LogP contribution is -2.50. The second kappa shape index (κ2) is 25.0. The first-order chi connectivity index (χ1) is 40.3. The molecule has 17 nitrogen and oxygen atoms in total. The number of nitrogen functional groups attached to an aromatic ring is 1. The molecule has 2 aliphatic heterocycles. The van der Waals surface area contributed by atoms with Crippen LogP contribution in [-0.4, -0.2) is 98.0 Å². The Labute approximate surface area is 480 Å². The zero-order chi connectivity index (χ0) is 60.0. The molecule has 5 N–H and O–H groups in total. The Morgan fingerprint density at radius 2 is 1.05 bits per heavy atom. The van der Waals surface area contributed by atoms with Crippen LogP contribution in [0.4, 0.5) is 29.2 Å². The number of aromatic nitrogens is 4. The van der Waals surface area contributed by atoms with Gasteiger partial charge in [0.2, 0.25) is 12.5 Å². The molecule has 0 saturated carbocycles. The molecule has 8 atom stereocenters. The summed E-state index contributed by atoms with van der Waals surface area (Å²) in [5.41, 5.74) is 4.65. The van der Waals surface area contributed by atoms with E-state index >= 15 is 8.78 Å². The summed E-state index contributed by atoms with van der Waals surface area (Å²) in [6, 6.07) is 54.6. The average Bonchev–Trinajstić information content (AvgIpc) is 1.73. The number of nitrogens with zero attached hydrogens (tertiary/aromatic N) is 4. The van der Waals surface area contributed by atoms with Crippen molar-refractivity contribution in [1.29, 1.82) is 0 Å². The number of carbonyl (C=O) groups excluding carboxylic acids is 1. The number of methoxy groups -OCH3 is 2. The van der Waals surface area contributed by atoms with Crippen LogP contribution in [0.3, 0.4) is 0 Å². The number of halogens is 4. The van der Waals surface area contributed by atoms with Crippen molar-refractivity contribution in [3.05, 3.63) is 249 Å². The Kier molecular flexibility index (Phi) is 17.8. The molecule has 0 aliphatic carbocycles. The van der Waals surface area contributed by atoms with Crippen molar-refractivity contribution in [2.75, 3.05) is 25.3 Å². The highest BCUT2D eigenvalue weighted by Crippen LogP contribution is 2.51. The monoisotopic (exact) mass is 1150 g/mol. The smallest absolute Gasteiger partial charge is 0.351 e. The number of aliphatic hydroxyl groups excluding tert-OH is 2. The van der Waals surface area contributed by atoms with Crippen LogP contribution in [0, 0.1) is 0 Å². The fourth-order valence-electron chi connectivity index (χ4n) is 10.5. The standard InChI is InChI=1S/C50H45F2N3O6.C13H17F2N3O5/c1-34(56)44-45(61-49(38-20-12-6-13-21-38,39-22-14-7-15-23-39)40-26-30-42(59-3)31-27-40)50(51,52)46(60-44)55-33-32-43(53-47(55)57)54-48(35-16-8-4-9-17-35,36-18-10-5-11-19-36)37-24-28-41(58-2)29-25-37;1-3-8(19)22-6(2)9-10(20)13(14,15)11(23-9)18-5-4-7(16)17-12(18)21/h4-34,44-46,56H,1-3H3,(H,53,54,57);4-6,9-11,20H,3H2,1-2H3,(H2,16,17,21)/t34?,44-,45-,46-;6?,9-,10-,11-/m11/s1. The van der Waals surface area contributed by atoms with Gasteiger partial charge in [0.1, 0.15) is 52.6 Å². The second-order valence-corrected chi connectivity index (χ2v) is 20.0. The SMILES string of the molecule is CCC(=O)OC(C)[C@H]1O[C@@H](n2ccc(N)nc2=O)C(F)(F)[C@@H]1O.COc1ccc(C(Nc2ccn([C@@H]3O[C@H](C(C)O)[C@@H](OC(c4ccccc4)(c4ccccc4)c4ccc(OC)cc4)C3(F)F)c(=O)n2)(c2ccccc2)c2ccccc2)cc1. The Hall–Kier alpha value is -8.73. The summed E-state index contributed by atoms with van der Waals surface area (Å²) >= 11 is 0.